The molecule has 1 amide bonds. The molecule has 0 aliphatic heterocycles. The molecule has 0 bridgehead atoms. The average Bonchev–Trinajstić information content (AvgIpc) is 3.32. The molecule has 1 atom stereocenters. The lowest BCUT2D eigenvalue weighted by molar-refractivity contribution is -0.118. The van der Waals surface area contributed by atoms with E-state index in [0.717, 1.165) is 16.7 Å². The summed E-state index contributed by atoms with van der Waals surface area (Å²) in [6.07, 6.45) is 0. The smallest absolute Gasteiger partial charge is 0.293 e. The average molecular weight is 415 g/mol. The Bertz CT molecular complexity index is 1220. The molecule has 2 aromatic carbocycles. The maximum atomic E-state index is 13.1. The van der Waals surface area contributed by atoms with Crippen LogP contribution in [0.5, 0.6) is 0 Å². The van der Waals surface area contributed by atoms with Crippen molar-refractivity contribution >= 4 is 22.7 Å². The molecule has 7 nitrogen and oxygen atoms in total. The van der Waals surface area contributed by atoms with Crippen LogP contribution in [0.4, 0.5) is 0 Å². The van der Waals surface area contributed by atoms with Crippen LogP contribution in [-0.2, 0) is 4.79 Å². The van der Waals surface area contributed by atoms with Crippen molar-refractivity contribution in [3.05, 3.63) is 77.4 Å². The zero-order chi connectivity index (χ0) is 22.1. The first-order valence-electron chi connectivity index (χ1n) is 10.3. The summed E-state index contributed by atoms with van der Waals surface area (Å²) in [5.41, 5.74) is 4.03. The van der Waals surface area contributed by atoms with Gasteiger partial charge in [-0.2, -0.15) is 5.10 Å². The van der Waals surface area contributed by atoms with Gasteiger partial charge in [-0.3, -0.25) is 9.59 Å². The Morgan fingerprint density at radius 3 is 2.35 bits per heavy atom. The van der Waals surface area contributed by atoms with Gasteiger partial charge in [-0.25, -0.2) is 9.67 Å². The number of aromatic amines is 1. The number of nitrogens with zero attached hydrogens (tertiary/aromatic N) is 3. The molecule has 0 saturated carbocycles. The summed E-state index contributed by atoms with van der Waals surface area (Å²) in [5, 5.41) is 7.36. The normalized spacial score (nSPS) is 12.3. The summed E-state index contributed by atoms with van der Waals surface area (Å²) in [4.78, 5) is 33.9. The molecule has 0 fully saturated rings. The number of hydrogen-bond donors (Lipinski definition) is 2. The van der Waals surface area contributed by atoms with Crippen LogP contribution in [0.15, 0.2) is 54.6 Å². The number of carbonyl (C=O) groups is 2. The Hall–Kier alpha value is -3.74. The van der Waals surface area contributed by atoms with Gasteiger partial charge in [-0.1, -0.05) is 44.2 Å². The van der Waals surface area contributed by atoms with Gasteiger partial charge < -0.3 is 10.3 Å². The van der Waals surface area contributed by atoms with Gasteiger partial charge in [-0.15, -0.1) is 0 Å². The summed E-state index contributed by atoms with van der Waals surface area (Å²) in [6, 6.07) is 16.8. The van der Waals surface area contributed by atoms with Crippen LogP contribution < -0.4 is 5.32 Å². The van der Waals surface area contributed by atoms with Crippen LogP contribution in [0.2, 0.25) is 0 Å². The maximum Gasteiger partial charge on any atom is 0.293 e. The highest BCUT2D eigenvalue weighted by atomic mass is 16.2. The highest BCUT2D eigenvalue weighted by Gasteiger charge is 2.29. The number of aromatic nitrogens is 4. The Balaban J connectivity index is 1.61. The van der Waals surface area contributed by atoms with Crippen LogP contribution in [0.25, 0.3) is 16.7 Å². The highest BCUT2D eigenvalue weighted by molar-refractivity contribution is 6.43. The fraction of sp³-hybridized carbons (Fsp3) is 0.250. The van der Waals surface area contributed by atoms with Crippen molar-refractivity contribution in [1.29, 1.82) is 0 Å². The summed E-state index contributed by atoms with van der Waals surface area (Å²) in [5.74, 6) is -0.603. The molecule has 0 unspecified atom stereocenters. The second-order valence-corrected chi connectivity index (χ2v) is 7.96. The van der Waals surface area contributed by atoms with Gasteiger partial charge in [0.25, 0.3) is 11.7 Å². The SMILES string of the molecule is Cc1nn(-c2ccccc2)c(C)c1C(=O)C(=O)N[C@H](c1nc2ccccc2[nH]1)C(C)C. The van der Waals surface area contributed by atoms with E-state index in [9.17, 15) is 9.59 Å². The monoisotopic (exact) mass is 415 g/mol. The zero-order valence-corrected chi connectivity index (χ0v) is 18.0. The molecule has 2 heterocycles. The van der Waals surface area contributed by atoms with Crippen molar-refractivity contribution < 1.29 is 9.59 Å². The molecule has 4 rings (SSSR count). The Labute approximate surface area is 180 Å². The number of imidazole rings is 1. The Morgan fingerprint density at radius 2 is 1.68 bits per heavy atom. The maximum absolute atomic E-state index is 13.1. The Kier molecular flexibility index (Phi) is 5.42. The number of nitrogens with one attached hydrogen (secondary N) is 2. The zero-order valence-electron chi connectivity index (χ0n) is 18.0. The molecule has 7 heteroatoms. The predicted molar refractivity (Wildman–Crippen MR) is 119 cm³/mol. The molecule has 0 aliphatic carbocycles. The molecule has 4 aromatic rings. The third kappa shape index (κ3) is 3.86. The number of hydrogen-bond acceptors (Lipinski definition) is 4. The first kappa shape index (κ1) is 20.5. The number of amides is 1. The van der Waals surface area contributed by atoms with Crippen LogP contribution in [0, 0.1) is 19.8 Å². The summed E-state index contributed by atoms with van der Waals surface area (Å²) in [6.45, 7) is 7.50. The topological polar surface area (TPSA) is 92.7 Å². The number of Topliss-reactive ketones (excluding diaryl/α,β-unsaturated/α-hetero) is 1. The van der Waals surface area contributed by atoms with Crippen LogP contribution in [0.1, 0.15) is 47.5 Å². The van der Waals surface area contributed by atoms with Gasteiger partial charge in [0.1, 0.15) is 5.82 Å². The van der Waals surface area contributed by atoms with E-state index in [4.69, 9.17) is 0 Å². The van der Waals surface area contributed by atoms with E-state index < -0.39 is 17.7 Å². The van der Waals surface area contributed by atoms with Gasteiger partial charge >= 0.3 is 0 Å². The number of rotatable bonds is 6. The van der Waals surface area contributed by atoms with E-state index >= 15 is 0 Å². The second-order valence-electron chi connectivity index (χ2n) is 7.96. The van der Waals surface area contributed by atoms with E-state index in [0.29, 0.717) is 22.8 Å². The molecule has 158 valence electrons. The third-order valence-corrected chi connectivity index (χ3v) is 5.38. The number of para-hydroxylation sites is 3. The molecular weight excluding hydrogens is 390 g/mol. The minimum Gasteiger partial charge on any atom is -0.340 e. The van der Waals surface area contributed by atoms with E-state index in [1.165, 1.54) is 0 Å². The van der Waals surface area contributed by atoms with Crippen molar-refractivity contribution in [1.82, 2.24) is 25.1 Å². The molecule has 0 radical (unpaired) electrons. The molecule has 0 saturated heterocycles. The molecule has 31 heavy (non-hydrogen) atoms. The van der Waals surface area contributed by atoms with E-state index in [2.05, 4.69) is 20.4 Å². The highest BCUT2D eigenvalue weighted by Crippen LogP contribution is 2.23. The van der Waals surface area contributed by atoms with Gasteiger partial charge in [0.2, 0.25) is 0 Å². The minimum absolute atomic E-state index is 0.0338. The molecule has 0 spiro atoms. The number of fused-ring (bicyclic) bond motifs is 1. The number of carbonyl (C=O) groups excluding carboxylic acids is 2. The number of aryl methyl sites for hydroxylation is 1. The largest absolute Gasteiger partial charge is 0.340 e. The number of benzene rings is 2. The van der Waals surface area contributed by atoms with Crippen molar-refractivity contribution in [2.24, 2.45) is 5.92 Å². The van der Waals surface area contributed by atoms with E-state index in [-0.39, 0.29) is 5.92 Å². The summed E-state index contributed by atoms with van der Waals surface area (Å²) in [7, 11) is 0. The predicted octanol–water partition coefficient (Wildman–Crippen LogP) is 4.06. The molecule has 0 aliphatic rings. The standard InChI is InChI=1S/C24H25N5O2/c1-14(2)21(23-25-18-12-8-9-13-19(18)26-23)27-24(31)22(30)20-15(3)28-29(16(20)4)17-10-6-5-7-11-17/h5-14,21H,1-4H3,(H,25,26)(H,27,31)/t21-/m0/s1. The van der Waals surface area contributed by atoms with Crippen LogP contribution in [-0.4, -0.2) is 31.4 Å². The number of ketones is 1. The lowest BCUT2D eigenvalue weighted by Gasteiger charge is -2.20. The molecule has 2 aromatic heterocycles. The van der Waals surface area contributed by atoms with Crippen molar-refractivity contribution in [3.8, 4) is 5.69 Å². The quantitative estimate of drug-likeness (QED) is 0.367. The van der Waals surface area contributed by atoms with Crippen molar-refractivity contribution in [3.63, 3.8) is 0 Å². The molecular formula is C24H25N5O2. The minimum atomic E-state index is -0.669. The first-order chi connectivity index (χ1) is 14.9. The fourth-order valence-electron chi connectivity index (χ4n) is 3.78. The van der Waals surface area contributed by atoms with Gasteiger partial charge in [-0.05, 0) is 44.0 Å². The third-order valence-electron chi connectivity index (χ3n) is 5.38. The fourth-order valence-corrected chi connectivity index (χ4v) is 3.78. The lowest BCUT2D eigenvalue weighted by Crippen LogP contribution is -2.37. The first-order valence-corrected chi connectivity index (χ1v) is 10.3. The number of H-pyrrole nitrogens is 1. The van der Waals surface area contributed by atoms with Crippen LogP contribution in [0.3, 0.4) is 0 Å². The van der Waals surface area contributed by atoms with Gasteiger partial charge in [0.05, 0.1) is 39.7 Å². The van der Waals surface area contributed by atoms with Gasteiger partial charge in [0, 0.05) is 0 Å². The van der Waals surface area contributed by atoms with Gasteiger partial charge in [0.15, 0.2) is 0 Å². The van der Waals surface area contributed by atoms with Crippen molar-refractivity contribution in [2.75, 3.05) is 0 Å². The van der Waals surface area contributed by atoms with E-state index in [1.807, 2.05) is 68.4 Å². The molecule has 2 N–H and O–H groups in total. The van der Waals surface area contributed by atoms with Crippen molar-refractivity contribution in [2.45, 2.75) is 33.7 Å². The van der Waals surface area contributed by atoms with Crippen LogP contribution >= 0.6 is 0 Å². The summed E-state index contributed by atoms with van der Waals surface area (Å²) >= 11 is 0. The Morgan fingerprint density at radius 1 is 1.00 bits per heavy atom. The lowest BCUT2D eigenvalue weighted by atomic mass is 10.0. The summed E-state index contributed by atoms with van der Waals surface area (Å²) < 4.78 is 1.69. The second kappa shape index (κ2) is 8.18. The van der Waals surface area contributed by atoms with E-state index in [1.54, 1.807) is 18.5 Å².